The van der Waals surface area contributed by atoms with Gasteiger partial charge in [0.15, 0.2) is 0 Å². The Morgan fingerprint density at radius 2 is 1.56 bits per heavy atom. The van der Waals surface area contributed by atoms with E-state index in [9.17, 15) is 18.0 Å². The number of hydrogen-bond acceptors (Lipinski definition) is 4. The van der Waals surface area contributed by atoms with Gasteiger partial charge in [0, 0.05) is 31.4 Å². The molecule has 2 rings (SSSR count). The van der Waals surface area contributed by atoms with Gasteiger partial charge >= 0.3 is 0 Å². The summed E-state index contributed by atoms with van der Waals surface area (Å²) in [6, 6.07) is 8.06. The number of sulfonamides is 1. The Balaban J connectivity index is 2.22. The highest BCUT2D eigenvalue weighted by Gasteiger charge is 2.26. The molecule has 0 bridgehead atoms. The van der Waals surface area contributed by atoms with E-state index < -0.39 is 15.9 Å². The fraction of sp³-hybridized carbons (Fsp3) is 0.391. The summed E-state index contributed by atoms with van der Waals surface area (Å²) in [6.45, 7) is 9.65. The van der Waals surface area contributed by atoms with Gasteiger partial charge in [-0.25, -0.2) is 8.42 Å². The summed E-state index contributed by atoms with van der Waals surface area (Å²) >= 11 is 6.14. The summed E-state index contributed by atoms with van der Waals surface area (Å²) in [5.41, 5.74) is 3.84. The van der Waals surface area contributed by atoms with Gasteiger partial charge in [0.1, 0.15) is 4.90 Å². The van der Waals surface area contributed by atoms with Crippen LogP contribution in [-0.2, 0) is 14.8 Å². The van der Waals surface area contributed by atoms with E-state index in [4.69, 9.17) is 11.6 Å². The lowest BCUT2D eigenvalue weighted by molar-refractivity contribution is -0.116. The van der Waals surface area contributed by atoms with Gasteiger partial charge in [0.2, 0.25) is 15.9 Å². The van der Waals surface area contributed by atoms with Gasteiger partial charge in [-0.05, 0) is 50.1 Å². The molecule has 0 saturated heterocycles. The fourth-order valence-corrected chi connectivity index (χ4v) is 5.56. The highest BCUT2D eigenvalue weighted by atomic mass is 35.5. The number of rotatable bonds is 8. The molecule has 1 N–H and O–H groups in total. The zero-order chi connectivity index (χ0) is 24.2. The van der Waals surface area contributed by atoms with E-state index in [2.05, 4.69) is 5.32 Å². The molecule has 2 aromatic carbocycles. The van der Waals surface area contributed by atoms with Crippen LogP contribution < -0.4 is 5.32 Å². The van der Waals surface area contributed by atoms with Crippen LogP contribution in [0.3, 0.4) is 0 Å². The molecule has 2 amide bonds. The molecule has 0 aliphatic heterocycles. The lowest BCUT2D eigenvalue weighted by Gasteiger charge is -2.21. The normalized spacial score (nSPS) is 11.5. The molecule has 0 atom stereocenters. The van der Waals surface area contributed by atoms with Crippen LogP contribution in [0.15, 0.2) is 35.2 Å². The quantitative estimate of drug-likeness (QED) is 0.619. The second-order valence-electron chi connectivity index (χ2n) is 7.72. The monoisotopic (exact) mass is 479 g/mol. The molecule has 0 saturated carbocycles. The van der Waals surface area contributed by atoms with Crippen LogP contribution in [0.2, 0.25) is 5.02 Å². The van der Waals surface area contributed by atoms with Crippen LogP contribution in [0.4, 0.5) is 5.69 Å². The van der Waals surface area contributed by atoms with Crippen molar-refractivity contribution in [3.05, 3.63) is 57.6 Å². The molecule has 2 aromatic rings. The lowest BCUT2D eigenvalue weighted by atomic mass is 10.1. The first-order valence-corrected chi connectivity index (χ1v) is 12.2. The van der Waals surface area contributed by atoms with E-state index in [1.165, 1.54) is 34.5 Å². The number of likely N-dealkylation sites (N-methyl/N-ethyl adjacent to an activating group) is 1. The predicted octanol–water partition coefficient (Wildman–Crippen LogP) is 4.01. The number of carbonyl (C=O) groups excluding carboxylic acids is 2. The van der Waals surface area contributed by atoms with Crippen molar-refractivity contribution in [2.75, 3.05) is 32.0 Å². The first kappa shape index (κ1) is 25.8. The molecular weight excluding hydrogens is 450 g/mol. The minimum Gasteiger partial charge on any atom is -0.332 e. The van der Waals surface area contributed by atoms with Gasteiger partial charge in [0.25, 0.3) is 5.91 Å². The number of nitrogens with one attached hydrogen (secondary N) is 1. The second kappa shape index (κ2) is 10.5. The SMILES string of the molecule is CCN(CC)S(=O)(=O)c1cc(C(=O)N(C)CC(=O)Nc2c(C)cc(C)cc2C)ccc1Cl. The van der Waals surface area contributed by atoms with E-state index in [1.54, 1.807) is 13.8 Å². The third kappa shape index (κ3) is 5.68. The Labute approximate surface area is 195 Å². The molecule has 0 heterocycles. The molecule has 0 spiro atoms. The Morgan fingerprint density at radius 3 is 2.09 bits per heavy atom. The van der Waals surface area contributed by atoms with Crippen molar-refractivity contribution in [1.82, 2.24) is 9.21 Å². The Morgan fingerprint density at radius 1 is 1.00 bits per heavy atom. The van der Waals surface area contributed by atoms with Gasteiger partial charge in [-0.1, -0.05) is 43.1 Å². The highest BCUT2D eigenvalue weighted by molar-refractivity contribution is 7.89. The van der Waals surface area contributed by atoms with Crippen molar-refractivity contribution >= 4 is 39.1 Å². The summed E-state index contributed by atoms with van der Waals surface area (Å²) in [6.07, 6.45) is 0. The second-order valence-corrected chi connectivity index (χ2v) is 10.0. The van der Waals surface area contributed by atoms with E-state index in [-0.39, 0.29) is 41.0 Å². The third-order valence-corrected chi connectivity index (χ3v) is 7.70. The molecule has 9 heteroatoms. The molecule has 0 fully saturated rings. The van der Waals surface area contributed by atoms with Gasteiger partial charge in [-0.3, -0.25) is 9.59 Å². The van der Waals surface area contributed by atoms with Crippen molar-refractivity contribution < 1.29 is 18.0 Å². The smallest absolute Gasteiger partial charge is 0.254 e. The molecular formula is C23H30ClN3O4S. The molecule has 0 aliphatic rings. The average Bonchev–Trinajstić information content (AvgIpc) is 2.71. The summed E-state index contributed by atoms with van der Waals surface area (Å²) in [4.78, 5) is 26.6. The third-order valence-electron chi connectivity index (χ3n) is 5.17. The topological polar surface area (TPSA) is 86.8 Å². The number of aryl methyl sites for hydroxylation is 3. The van der Waals surface area contributed by atoms with Crippen LogP contribution >= 0.6 is 11.6 Å². The number of carbonyl (C=O) groups is 2. The largest absolute Gasteiger partial charge is 0.332 e. The highest BCUT2D eigenvalue weighted by Crippen LogP contribution is 2.26. The standard InChI is InChI=1S/C23H30ClN3O4S/c1-7-27(8-2)32(30,31)20-13-18(9-10-19(20)24)23(29)26(6)14-21(28)25-22-16(4)11-15(3)12-17(22)5/h9-13H,7-8,14H2,1-6H3,(H,25,28). The Bertz CT molecular complexity index is 1110. The Kier molecular flexibility index (Phi) is 8.45. The van der Waals surface area contributed by atoms with Crippen molar-refractivity contribution in [3.8, 4) is 0 Å². The molecule has 174 valence electrons. The summed E-state index contributed by atoms with van der Waals surface area (Å²) in [7, 11) is -2.35. The maximum atomic E-state index is 12.9. The van der Waals surface area contributed by atoms with Crippen molar-refractivity contribution in [2.45, 2.75) is 39.5 Å². The number of hydrogen-bond donors (Lipinski definition) is 1. The van der Waals surface area contributed by atoms with Gasteiger partial charge in [0.05, 0.1) is 11.6 Å². The van der Waals surface area contributed by atoms with Gasteiger partial charge in [-0.15, -0.1) is 0 Å². The van der Waals surface area contributed by atoms with E-state index >= 15 is 0 Å². The maximum absolute atomic E-state index is 12.9. The van der Waals surface area contributed by atoms with E-state index in [0.717, 1.165) is 22.4 Å². The molecule has 7 nitrogen and oxygen atoms in total. The molecule has 0 aromatic heterocycles. The maximum Gasteiger partial charge on any atom is 0.254 e. The van der Waals surface area contributed by atoms with Crippen molar-refractivity contribution in [2.24, 2.45) is 0 Å². The number of benzene rings is 2. The average molecular weight is 480 g/mol. The minimum absolute atomic E-state index is 0.0409. The number of nitrogens with zero attached hydrogens (tertiary/aromatic N) is 2. The predicted molar refractivity (Wildman–Crippen MR) is 128 cm³/mol. The zero-order valence-electron chi connectivity index (χ0n) is 19.3. The van der Waals surface area contributed by atoms with E-state index in [0.29, 0.717) is 0 Å². The van der Waals surface area contributed by atoms with Crippen LogP contribution in [0.1, 0.15) is 40.9 Å². The molecule has 0 aliphatic carbocycles. The zero-order valence-corrected chi connectivity index (χ0v) is 20.9. The molecule has 32 heavy (non-hydrogen) atoms. The molecule has 0 radical (unpaired) electrons. The number of halogens is 1. The van der Waals surface area contributed by atoms with Crippen molar-refractivity contribution in [3.63, 3.8) is 0 Å². The van der Waals surface area contributed by atoms with Gasteiger partial charge in [-0.2, -0.15) is 4.31 Å². The van der Waals surface area contributed by atoms with Crippen molar-refractivity contribution in [1.29, 1.82) is 0 Å². The van der Waals surface area contributed by atoms with Gasteiger partial charge < -0.3 is 10.2 Å². The van der Waals surface area contributed by atoms with E-state index in [1.807, 2.05) is 32.9 Å². The van der Waals surface area contributed by atoms with Crippen LogP contribution in [0.5, 0.6) is 0 Å². The van der Waals surface area contributed by atoms with Crippen LogP contribution in [0.25, 0.3) is 0 Å². The summed E-state index contributed by atoms with van der Waals surface area (Å²) < 4.78 is 27.0. The number of anilines is 1. The van der Waals surface area contributed by atoms with Crippen LogP contribution in [0, 0.1) is 20.8 Å². The number of amides is 2. The summed E-state index contributed by atoms with van der Waals surface area (Å²) in [5.74, 6) is -0.828. The minimum atomic E-state index is -3.84. The molecule has 0 unspecified atom stereocenters. The lowest BCUT2D eigenvalue weighted by Crippen LogP contribution is -2.35. The summed E-state index contributed by atoms with van der Waals surface area (Å²) in [5, 5.41) is 2.90. The van der Waals surface area contributed by atoms with Crippen LogP contribution in [-0.4, -0.2) is 56.1 Å². The Hall–Kier alpha value is -2.42. The fourth-order valence-electron chi connectivity index (χ4n) is 3.60. The first-order chi connectivity index (χ1) is 14.9. The first-order valence-electron chi connectivity index (χ1n) is 10.3.